The van der Waals surface area contributed by atoms with E-state index in [1.54, 1.807) is 7.11 Å². The number of rotatable bonds is 3. The van der Waals surface area contributed by atoms with Crippen LogP contribution >= 0.6 is 0 Å². The Morgan fingerprint density at radius 1 is 1.05 bits per heavy atom. The number of amides is 1. The molecule has 1 amide bonds. The number of nitrogens with one attached hydrogen (secondary N) is 1. The molecule has 4 heteroatoms. The molecule has 0 aliphatic carbocycles. The summed E-state index contributed by atoms with van der Waals surface area (Å²) in [7, 11) is 1.63. The maximum Gasteiger partial charge on any atom is 0.225 e. The Morgan fingerprint density at radius 3 is 2.43 bits per heavy atom. The lowest BCUT2D eigenvalue weighted by Gasteiger charge is -2.31. The molecule has 2 atom stereocenters. The SMILES string of the molecule is COc1ccc([C@@H]2CC(=O)N[C@@H](c3ccccc3)O2)cc1. The molecule has 4 nitrogen and oxygen atoms in total. The smallest absolute Gasteiger partial charge is 0.225 e. The van der Waals surface area contributed by atoms with Gasteiger partial charge in [-0.15, -0.1) is 0 Å². The topological polar surface area (TPSA) is 47.6 Å². The number of benzene rings is 2. The standard InChI is InChI=1S/C17H17NO3/c1-20-14-9-7-12(8-10-14)15-11-16(19)18-17(21-15)13-5-3-2-4-6-13/h2-10,15,17H,11H2,1H3,(H,18,19)/t15-,17+/m0/s1. The van der Waals surface area contributed by atoms with Crippen LogP contribution < -0.4 is 10.1 Å². The van der Waals surface area contributed by atoms with Crippen molar-refractivity contribution >= 4 is 5.91 Å². The van der Waals surface area contributed by atoms with E-state index in [0.29, 0.717) is 6.42 Å². The second-order valence-corrected chi connectivity index (χ2v) is 4.96. The average Bonchev–Trinajstić information content (AvgIpc) is 2.55. The maximum absolute atomic E-state index is 11.9. The van der Waals surface area contributed by atoms with Crippen molar-refractivity contribution in [1.82, 2.24) is 5.32 Å². The van der Waals surface area contributed by atoms with Crippen molar-refractivity contribution in [3.63, 3.8) is 0 Å². The van der Waals surface area contributed by atoms with E-state index in [1.165, 1.54) is 0 Å². The summed E-state index contributed by atoms with van der Waals surface area (Å²) in [6.45, 7) is 0. The van der Waals surface area contributed by atoms with E-state index in [1.807, 2.05) is 54.6 Å². The van der Waals surface area contributed by atoms with Crippen LogP contribution in [0.5, 0.6) is 5.75 Å². The van der Waals surface area contributed by atoms with Crippen LogP contribution in [-0.2, 0) is 9.53 Å². The third kappa shape index (κ3) is 3.06. The third-order valence-electron chi connectivity index (χ3n) is 3.55. The lowest BCUT2D eigenvalue weighted by Crippen LogP contribution is -2.37. The molecular formula is C17H17NO3. The molecule has 1 saturated heterocycles. The van der Waals surface area contributed by atoms with Gasteiger partial charge in [-0.2, -0.15) is 0 Å². The number of methoxy groups -OCH3 is 1. The minimum atomic E-state index is -0.403. The molecule has 1 fully saturated rings. The van der Waals surface area contributed by atoms with Gasteiger partial charge in [0.05, 0.1) is 19.6 Å². The highest BCUT2D eigenvalue weighted by molar-refractivity contribution is 5.77. The zero-order valence-corrected chi connectivity index (χ0v) is 11.8. The average molecular weight is 283 g/mol. The van der Waals surface area contributed by atoms with Crippen molar-refractivity contribution in [2.75, 3.05) is 7.11 Å². The highest BCUT2D eigenvalue weighted by Gasteiger charge is 2.29. The van der Waals surface area contributed by atoms with Gasteiger partial charge < -0.3 is 14.8 Å². The van der Waals surface area contributed by atoms with Crippen molar-refractivity contribution in [3.05, 3.63) is 65.7 Å². The second-order valence-electron chi connectivity index (χ2n) is 4.96. The quantitative estimate of drug-likeness (QED) is 0.942. The molecule has 21 heavy (non-hydrogen) atoms. The molecule has 1 aliphatic rings. The molecule has 1 N–H and O–H groups in total. The van der Waals surface area contributed by atoms with Crippen LogP contribution in [0.1, 0.15) is 29.9 Å². The molecule has 0 spiro atoms. The predicted octanol–water partition coefficient (Wildman–Crippen LogP) is 2.97. The van der Waals surface area contributed by atoms with Crippen molar-refractivity contribution in [3.8, 4) is 5.75 Å². The first-order valence-corrected chi connectivity index (χ1v) is 6.90. The van der Waals surface area contributed by atoms with Gasteiger partial charge in [-0.1, -0.05) is 42.5 Å². The molecule has 2 aromatic rings. The molecule has 0 unspecified atom stereocenters. The number of hydrogen-bond acceptors (Lipinski definition) is 3. The van der Waals surface area contributed by atoms with Crippen LogP contribution in [0, 0.1) is 0 Å². The second kappa shape index (κ2) is 5.97. The van der Waals surface area contributed by atoms with Crippen LogP contribution in [0.4, 0.5) is 0 Å². The summed E-state index contributed by atoms with van der Waals surface area (Å²) < 4.78 is 11.2. The van der Waals surface area contributed by atoms with Gasteiger partial charge in [-0.25, -0.2) is 0 Å². The highest BCUT2D eigenvalue weighted by atomic mass is 16.5. The highest BCUT2D eigenvalue weighted by Crippen LogP contribution is 2.32. The number of ether oxygens (including phenoxy) is 2. The van der Waals surface area contributed by atoms with E-state index >= 15 is 0 Å². The minimum absolute atomic E-state index is 0.00378. The fourth-order valence-corrected chi connectivity index (χ4v) is 2.42. The van der Waals surface area contributed by atoms with Crippen molar-refractivity contribution in [2.45, 2.75) is 18.8 Å². The van der Waals surface area contributed by atoms with Crippen LogP contribution in [0.3, 0.4) is 0 Å². The van der Waals surface area contributed by atoms with Gasteiger partial charge in [-0.3, -0.25) is 4.79 Å². The van der Waals surface area contributed by atoms with Gasteiger partial charge in [0.2, 0.25) is 5.91 Å². The monoisotopic (exact) mass is 283 g/mol. The lowest BCUT2D eigenvalue weighted by atomic mass is 10.0. The largest absolute Gasteiger partial charge is 0.497 e. The Morgan fingerprint density at radius 2 is 1.76 bits per heavy atom. The Bertz CT molecular complexity index is 610. The van der Waals surface area contributed by atoms with Gasteiger partial charge in [0.1, 0.15) is 5.75 Å². The van der Waals surface area contributed by atoms with Crippen LogP contribution in [0.15, 0.2) is 54.6 Å². The summed E-state index contributed by atoms with van der Waals surface area (Å²) >= 11 is 0. The van der Waals surface area contributed by atoms with Crippen LogP contribution in [0.25, 0.3) is 0 Å². The maximum atomic E-state index is 11.9. The first-order chi connectivity index (χ1) is 10.3. The number of carbonyl (C=O) groups excluding carboxylic acids is 1. The summed E-state index contributed by atoms with van der Waals surface area (Å²) in [5.74, 6) is 0.787. The van der Waals surface area contributed by atoms with E-state index in [-0.39, 0.29) is 12.0 Å². The summed E-state index contributed by atoms with van der Waals surface area (Å²) in [4.78, 5) is 11.9. The normalized spacial score (nSPS) is 21.7. The summed E-state index contributed by atoms with van der Waals surface area (Å²) in [6.07, 6.45) is -0.315. The third-order valence-corrected chi connectivity index (χ3v) is 3.55. The minimum Gasteiger partial charge on any atom is -0.497 e. The van der Waals surface area contributed by atoms with E-state index in [9.17, 15) is 4.79 Å². The predicted molar refractivity (Wildman–Crippen MR) is 78.8 cm³/mol. The number of hydrogen-bond donors (Lipinski definition) is 1. The Balaban J connectivity index is 1.81. The molecule has 1 aliphatic heterocycles. The van der Waals surface area contributed by atoms with E-state index in [0.717, 1.165) is 16.9 Å². The van der Waals surface area contributed by atoms with Gasteiger partial charge in [-0.05, 0) is 17.7 Å². The Labute approximate surface area is 123 Å². The van der Waals surface area contributed by atoms with Gasteiger partial charge in [0.25, 0.3) is 0 Å². The molecule has 2 aromatic carbocycles. The van der Waals surface area contributed by atoms with E-state index < -0.39 is 6.23 Å². The molecule has 0 radical (unpaired) electrons. The zero-order valence-electron chi connectivity index (χ0n) is 11.8. The molecule has 0 aromatic heterocycles. The first-order valence-electron chi connectivity index (χ1n) is 6.90. The van der Waals surface area contributed by atoms with Gasteiger partial charge in [0.15, 0.2) is 6.23 Å². The number of carbonyl (C=O) groups is 1. The van der Waals surface area contributed by atoms with Crippen molar-refractivity contribution in [2.24, 2.45) is 0 Å². The van der Waals surface area contributed by atoms with E-state index in [4.69, 9.17) is 9.47 Å². The fraction of sp³-hybridized carbons (Fsp3) is 0.235. The van der Waals surface area contributed by atoms with Crippen LogP contribution in [0.2, 0.25) is 0 Å². The van der Waals surface area contributed by atoms with Crippen molar-refractivity contribution < 1.29 is 14.3 Å². The van der Waals surface area contributed by atoms with E-state index in [2.05, 4.69) is 5.32 Å². The van der Waals surface area contributed by atoms with Crippen molar-refractivity contribution in [1.29, 1.82) is 0 Å². The molecule has 3 rings (SSSR count). The van der Waals surface area contributed by atoms with Gasteiger partial charge >= 0.3 is 0 Å². The Kier molecular flexibility index (Phi) is 3.88. The zero-order chi connectivity index (χ0) is 14.7. The molecule has 0 saturated carbocycles. The fourth-order valence-electron chi connectivity index (χ4n) is 2.42. The summed E-state index contributed by atoms with van der Waals surface area (Å²) in [5.41, 5.74) is 1.93. The first kappa shape index (κ1) is 13.6. The molecule has 108 valence electrons. The molecular weight excluding hydrogens is 266 g/mol. The summed E-state index contributed by atoms with van der Waals surface area (Å²) in [6, 6.07) is 17.3. The van der Waals surface area contributed by atoms with Gasteiger partial charge in [0, 0.05) is 5.56 Å². The Hall–Kier alpha value is -2.33. The summed E-state index contributed by atoms with van der Waals surface area (Å²) in [5, 5.41) is 2.87. The molecule has 1 heterocycles. The van der Waals surface area contributed by atoms with Crippen LogP contribution in [-0.4, -0.2) is 13.0 Å². The molecule has 0 bridgehead atoms. The lowest BCUT2D eigenvalue weighted by molar-refractivity contribution is -0.143.